The summed E-state index contributed by atoms with van der Waals surface area (Å²) >= 11 is 0. The number of hydrogen-bond acceptors (Lipinski definition) is 3. The van der Waals surface area contributed by atoms with Gasteiger partial charge in [0, 0.05) is 0 Å². The Morgan fingerprint density at radius 3 is 2.55 bits per heavy atom. The summed E-state index contributed by atoms with van der Waals surface area (Å²) in [5, 5.41) is 8.82. The maximum absolute atomic E-state index is 12.6. The first-order valence-corrected chi connectivity index (χ1v) is 7.53. The number of hydrogen-bond donors (Lipinski definition) is 0. The Hall–Kier alpha value is -2.41. The highest BCUT2D eigenvalue weighted by Crippen LogP contribution is 2.41. The predicted octanol–water partition coefficient (Wildman–Crippen LogP) is 2.65. The van der Waals surface area contributed by atoms with Crippen LogP contribution in [0.15, 0.2) is 35.9 Å². The normalized spacial score (nSPS) is 27.4. The van der Waals surface area contributed by atoms with E-state index in [2.05, 4.69) is 12.1 Å². The largest absolute Gasteiger partial charge is 0.278 e. The summed E-state index contributed by atoms with van der Waals surface area (Å²) in [6, 6.07) is 9.08. The van der Waals surface area contributed by atoms with E-state index in [-0.39, 0.29) is 29.6 Å². The van der Waals surface area contributed by atoms with Crippen LogP contribution in [0.25, 0.3) is 0 Å². The van der Waals surface area contributed by atoms with Crippen LogP contribution in [0, 0.1) is 29.1 Å². The van der Waals surface area contributed by atoms with Gasteiger partial charge in [-0.1, -0.05) is 30.7 Å². The molecule has 2 aliphatic rings. The number of fused-ring (bicyclic) bond motifs is 1. The van der Waals surface area contributed by atoms with Crippen LogP contribution in [0.3, 0.4) is 0 Å². The van der Waals surface area contributed by atoms with Crippen molar-refractivity contribution in [3.8, 4) is 6.07 Å². The molecule has 1 aromatic carbocycles. The summed E-state index contributed by atoms with van der Waals surface area (Å²) < 4.78 is 0. The first-order chi connectivity index (χ1) is 10.5. The molecule has 0 bridgehead atoms. The lowest BCUT2D eigenvalue weighted by atomic mass is 9.76. The maximum Gasteiger partial charge on any atom is 0.234 e. The fourth-order valence-corrected chi connectivity index (χ4v) is 3.61. The van der Waals surface area contributed by atoms with Gasteiger partial charge in [0.25, 0.3) is 0 Å². The van der Waals surface area contributed by atoms with Gasteiger partial charge in [-0.2, -0.15) is 5.26 Å². The molecular formula is C18H18N2O2. The van der Waals surface area contributed by atoms with Crippen molar-refractivity contribution in [2.45, 2.75) is 26.8 Å². The van der Waals surface area contributed by atoms with Gasteiger partial charge in [-0.3, -0.25) is 14.5 Å². The van der Waals surface area contributed by atoms with Crippen molar-refractivity contribution >= 4 is 11.8 Å². The molecule has 0 aromatic heterocycles. The molecule has 0 radical (unpaired) electrons. The Labute approximate surface area is 130 Å². The van der Waals surface area contributed by atoms with Gasteiger partial charge in [-0.05, 0) is 37.0 Å². The summed E-state index contributed by atoms with van der Waals surface area (Å²) in [5.74, 6) is -0.420. The van der Waals surface area contributed by atoms with Crippen molar-refractivity contribution in [1.29, 1.82) is 5.26 Å². The first-order valence-electron chi connectivity index (χ1n) is 7.53. The third-order valence-electron chi connectivity index (χ3n) is 4.65. The van der Waals surface area contributed by atoms with Gasteiger partial charge in [-0.15, -0.1) is 0 Å². The zero-order valence-corrected chi connectivity index (χ0v) is 12.7. The predicted molar refractivity (Wildman–Crippen MR) is 81.2 cm³/mol. The molecule has 4 heteroatoms. The Bertz CT molecular complexity index is 697. The topological polar surface area (TPSA) is 61.2 Å². The lowest BCUT2D eigenvalue weighted by Gasteiger charge is -2.25. The van der Waals surface area contributed by atoms with E-state index >= 15 is 0 Å². The average Bonchev–Trinajstić information content (AvgIpc) is 2.73. The van der Waals surface area contributed by atoms with Gasteiger partial charge in [-0.25, -0.2) is 0 Å². The zero-order valence-electron chi connectivity index (χ0n) is 12.7. The standard InChI is InChI=1S/C18H18N2O2/c1-11-7-12(2)16-15(8-11)17(21)20(18(16)22)10-14-5-3-13(9-19)4-6-14/h3-7,12,15-16H,8,10H2,1-2H3/t12-,15+,16+/m0/s1. The van der Waals surface area contributed by atoms with Crippen LogP contribution in [-0.2, 0) is 16.1 Å². The molecule has 22 heavy (non-hydrogen) atoms. The number of nitriles is 1. The molecule has 0 N–H and O–H groups in total. The van der Waals surface area contributed by atoms with Crippen LogP contribution in [0.5, 0.6) is 0 Å². The second-order valence-corrected chi connectivity index (χ2v) is 6.28. The SMILES string of the molecule is CC1=C[C@H](C)[C@H]2C(=O)N(Cc3ccc(C#N)cc3)C(=O)[C@@H]2C1. The van der Waals surface area contributed by atoms with E-state index in [1.807, 2.05) is 13.8 Å². The van der Waals surface area contributed by atoms with E-state index in [9.17, 15) is 9.59 Å². The fourth-order valence-electron chi connectivity index (χ4n) is 3.61. The fraction of sp³-hybridized carbons (Fsp3) is 0.389. The highest BCUT2D eigenvalue weighted by molar-refractivity contribution is 6.05. The lowest BCUT2D eigenvalue weighted by Crippen LogP contribution is -2.31. The van der Waals surface area contributed by atoms with Crippen LogP contribution < -0.4 is 0 Å². The van der Waals surface area contributed by atoms with E-state index in [0.29, 0.717) is 18.5 Å². The molecule has 1 saturated heterocycles. The van der Waals surface area contributed by atoms with E-state index in [1.54, 1.807) is 24.3 Å². The number of imide groups is 1. The Kier molecular flexibility index (Phi) is 3.58. The van der Waals surface area contributed by atoms with Crippen molar-refractivity contribution < 1.29 is 9.59 Å². The number of allylic oxidation sites excluding steroid dienone is 2. The van der Waals surface area contributed by atoms with Crippen molar-refractivity contribution in [2.75, 3.05) is 0 Å². The van der Waals surface area contributed by atoms with Gasteiger partial charge < -0.3 is 0 Å². The number of amides is 2. The second-order valence-electron chi connectivity index (χ2n) is 6.28. The monoisotopic (exact) mass is 294 g/mol. The van der Waals surface area contributed by atoms with Crippen LogP contribution >= 0.6 is 0 Å². The van der Waals surface area contributed by atoms with Crippen molar-refractivity contribution in [3.05, 3.63) is 47.0 Å². The van der Waals surface area contributed by atoms with Gasteiger partial charge in [0.2, 0.25) is 11.8 Å². The summed E-state index contributed by atoms with van der Waals surface area (Å²) in [5.41, 5.74) is 2.64. The van der Waals surface area contributed by atoms with Crippen LogP contribution in [0.2, 0.25) is 0 Å². The van der Waals surface area contributed by atoms with E-state index in [4.69, 9.17) is 5.26 Å². The summed E-state index contributed by atoms with van der Waals surface area (Å²) in [6.07, 6.45) is 2.79. The molecule has 0 unspecified atom stereocenters. The average molecular weight is 294 g/mol. The number of rotatable bonds is 2. The van der Waals surface area contributed by atoms with E-state index in [0.717, 1.165) is 5.56 Å². The minimum absolute atomic E-state index is 0.0568. The molecule has 0 saturated carbocycles. The summed E-state index contributed by atoms with van der Waals surface area (Å²) in [4.78, 5) is 26.6. The minimum atomic E-state index is -0.213. The van der Waals surface area contributed by atoms with Gasteiger partial charge in [0.15, 0.2) is 0 Å². The number of likely N-dealkylation sites (tertiary alicyclic amines) is 1. The number of carbonyl (C=O) groups is 2. The molecule has 3 atom stereocenters. The first kappa shape index (κ1) is 14.5. The molecule has 1 aliphatic carbocycles. The van der Waals surface area contributed by atoms with E-state index < -0.39 is 0 Å². The van der Waals surface area contributed by atoms with Crippen LogP contribution in [-0.4, -0.2) is 16.7 Å². The summed E-state index contributed by atoms with van der Waals surface area (Å²) in [6.45, 7) is 4.33. The molecule has 4 nitrogen and oxygen atoms in total. The Balaban J connectivity index is 1.82. The molecule has 1 aliphatic heterocycles. The number of carbonyl (C=O) groups excluding carboxylic acids is 2. The van der Waals surface area contributed by atoms with Gasteiger partial charge in [0.05, 0.1) is 30.0 Å². The minimum Gasteiger partial charge on any atom is -0.278 e. The third-order valence-corrected chi connectivity index (χ3v) is 4.65. The smallest absolute Gasteiger partial charge is 0.234 e. The van der Waals surface area contributed by atoms with Crippen LogP contribution in [0.4, 0.5) is 0 Å². The number of nitrogens with zero attached hydrogens (tertiary/aromatic N) is 2. The molecule has 1 fully saturated rings. The molecule has 2 amide bonds. The van der Waals surface area contributed by atoms with E-state index in [1.165, 1.54) is 10.5 Å². The molecule has 3 rings (SSSR count). The molecule has 1 aromatic rings. The van der Waals surface area contributed by atoms with Crippen molar-refractivity contribution in [3.63, 3.8) is 0 Å². The zero-order chi connectivity index (χ0) is 15.9. The summed E-state index contributed by atoms with van der Waals surface area (Å²) in [7, 11) is 0. The molecule has 0 spiro atoms. The highest BCUT2D eigenvalue weighted by Gasteiger charge is 2.50. The van der Waals surface area contributed by atoms with Gasteiger partial charge in [0.1, 0.15) is 0 Å². The quantitative estimate of drug-likeness (QED) is 0.622. The molecular weight excluding hydrogens is 276 g/mol. The number of benzene rings is 1. The van der Waals surface area contributed by atoms with Gasteiger partial charge >= 0.3 is 0 Å². The Morgan fingerprint density at radius 1 is 1.23 bits per heavy atom. The third kappa shape index (κ3) is 2.33. The van der Waals surface area contributed by atoms with Crippen molar-refractivity contribution in [2.24, 2.45) is 17.8 Å². The van der Waals surface area contributed by atoms with Crippen LogP contribution in [0.1, 0.15) is 31.4 Å². The maximum atomic E-state index is 12.6. The lowest BCUT2D eigenvalue weighted by molar-refractivity contribution is -0.140. The molecule has 112 valence electrons. The highest BCUT2D eigenvalue weighted by atomic mass is 16.2. The second kappa shape index (κ2) is 5.42. The molecule has 1 heterocycles. The Morgan fingerprint density at radius 2 is 1.91 bits per heavy atom. The van der Waals surface area contributed by atoms with Crippen molar-refractivity contribution in [1.82, 2.24) is 4.90 Å².